The van der Waals surface area contributed by atoms with Crippen molar-refractivity contribution in [3.05, 3.63) is 36.0 Å². The van der Waals surface area contributed by atoms with Gasteiger partial charge in [0.2, 0.25) is 0 Å². The molecule has 1 aromatic carbocycles. The van der Waals surface area contributed by atoms with Gasteiger partial charge in [0.25, 0.3) is 0 Å². The number of ether oxygens (including phenoxy) is 1. The molecule has 2 heterocycles. The van der Waals surface area contributed by atoms with E-state index >= 15 is 0 Å². The molecular formula is C15H18N3O2. The molecule has 0 spiro atoms. The number of carbonyl (C=O) groups is 1. The van der Waals surface area contributed by atoms with E-state index in [2.05, 4.69) is 10.6 Å². The van der Waals surface area contributed by atoms with E-state index < -0.39 is 0 Å². The van der Waals surface area contributed by atoms with E-state index in [9.17, 15) is 4.79 Å². The summed E-state index contributed by atoms with van der Waals surface area (Å²) in [5.41, 5.74) is 1.63. The molecule has 1 aromatic rings. The number of rotatable bonds is 3. The lowest BCUT2D eigenvalue weighted by Gasteiger charge is -2.28. The lowest BCUT2D eigenvalue weighted by Crippen LogP contribution is -2.42. The normalized spacial score (nSPS) is 19.8. The molecule has 2 amide bonds. The summed E-state index contributed by atoms with van der Waals surface area (Å²) in [5.74, 6) is 0.770. The maximum absolute atomic E-state index is 12.1. The molecule has 1 saturated heterocycles. The smallest absolute Gasteiger partial charge is 0.348 e. The zero-order valence-electron chi connectivity index (χ0n) is 11.5. The largest absolute Gasteiger partial charge is 0.497 e. The van der Waals surface area contributed by atoms with Crippen LogP contribution in [-0.4, -0.2) is 37.2 Å². The Morgan fingerprint density at radius 1 is 1.35 bits per heavy atom. The van der Waals surface area contributed by atoms with Gasteiger partial charge in [0.15, 0.2) is 0 Å². The minimum atomic E-state index is -0.158. The molecule has 5 heteroatoms. The number of benzene rings is 1. The molecular weight excluding hydrogens is 254 g/mol. The van der Waals surface area contributed by atoms with Crippen LogP contribution >= 0.6 is 0 Å². The van der Waals surface area contributed by atoms with Crippen LogP contribution in [0.25, 0.3) is 5.70 Å². The van der Waals surface area contributed by atoms with Crippen molar-refractivity contribution in [2.75, 3.05) is 20.2 Å². The second-order valence-corrected chi connectivity index (χ2v) is 5.03. The third-order valence-electron chi connectivity index (χ3n) is 3.77. The van der Waals surface area contributed by atoms with Crippen LogP contribution in [-0.2, 0) is 0 Å². The molecule has 1 fully saturated rings. The van der Waals surface area contributed by atoms with Crippen LogP contribution in [0.4, 0.5) is 4.79 Å². The summed E-state index contributed by atoms with van der Waals surface area (Å²) in [6.45, 7) is 1.91. The van der Waals surface area contributed by atoms with Crippen molar-refractivity contribution >= 4 is 11.7 Å². The fourth-order valence-electron chi connectivity index (χ4n) is 2.64. The van der Waals surface area contributed by atoms with Crippen LogP contribution in [0.5, 0.6) is 5.75 Å². The predicted octanol–water partition coefficient (Wildman–Crippen LogP) is 1.79. The number of nitrogens with zero attached hydrogens (tertiary/aromatic N) is 2. The van der Waals surface area contributed by atoms with Crippen molar-refractivity contribution < 1.29 is 9.53 Å². The Morgan fingerprint density at radius 2 is 2.15 bits per heavy atom. The van der Waals surface area contributed by atoms with Crippen LogP contribution in [0, 0.1) is 0 Å². The van der Waals surface area contributed by atoms with Crippen molar-refractivity contribution in [3.8, 4) is 5.75 Å². The van der Waals surface area contributed by atoms with Gasteiger partial charge in [-0.3, -0.25) is 4.90 Å². The summed E-state index contributed by atoms with van der Waals surface area (Å²) < 4.78 is 5.21. The highest BCUT2D eigenvalue weighted by atomic mass is 16.5. The SMILES string of the molecule is COc1cccc(C2=CN(C3CCNCC3)C(=O)[N]2)c1. The number of hydrogen-bond donors (Lipinski definition) is 1. The minimum absolute atomic E-state index is 0.158. The van der Waals surface area contributed by atoms with E-state index in [-0.39, 0.29) is 12.1 Å². The van der Waals surface area contributed by atoms with Crippen LogP contribution in [0.2, 0.25) is 0 Å². The Labute approximate surface area is 118 Å². The molecule has 3 rings (SSSR count). The van der Waals surface area contributed by atoms with Crippen LogP contribution in [0.1, 0.15) is 18.4 Å². The summed E-state index contributed by atoms with van der Waals surface area (Å²) in [6, 6.07) is 7.73. The van der Waals surface area contributed by atoms with Crippen LogP contribution in [0.15, 0.2) is 30.5 Å². The van der Waals surface area contributed by atoms with E-state index in [0.29, 0.717) is 5.70 Å². The summed E-state index contributed by atoms with van der Waals surface area (Å²) in [7, 11) is 1.63. The van der Waals surface area contributed by atoms with Gasteiger partial charge in [-0.1, -0.05) is 12.1 Å². The summed E-state index contributed by atoms with van der Waals surface area (Å²) >= 11 is 0. The predicted molar refractivity (Wildman–Crippen MR) is 76.2 cm³/mol. The average Bonchev–Trinajstić information content (AvgIpc) is 2.90. The van der Waals surface area contributed by atoms with E-state index in [4.69, 9.17) is 4.74 Å². The number of piperidine rings is 1. The topological polar surface area (TPSA) is 55.7 Å². The molecule has 0 unspecified atom stereocenters. The molecule has 0 atom stereocenters. The Morgan fingerprint density at radius 3 is 2.90 bits per heavy atom. The first-order valence-corrected chi connectivity index (χ1v) is 6.89. The van der Waals surface area contributed by atoms with Gasteiger partial charge in [0.1, 0.15) is 5.75 Å². The first kappa shape index (κ1) is 13.0. The van der Waals surface area contributed by atoms with Crippen molar-refractivity contribution in [3.63, 3.8) is 0 Å². The second kappa shape index (κ2) is 5.54. The van der Waals surface area contributed by atoms with Crippen LogP contribution in [0.3, 0.4) is 0 Å². The molecule has 1 radical (unpaired) electrons. The lowest BCUT2D eigenvalue weighted by atomic mass is 10.1. The minimum Gasteiger partial charge on any atom is -0.497 e. The van der Waals surface area contributed by atoms with Crippen molar-refractivity contribution in [1.29, 1.82) is 0 Å². The van der Waals surface area contributed by atoms with Gasteiger partial charge in [-0.05, 0) is 38.1 Å². The van der Waals surface area contributed by atoms with E-state index in [1.54, 1.807) is 12.0 Å². The maximum Gasteiger partial charge on any atom is 0.348 e. The number of carbonyl (C=O) groups excluding carboxylic acids is 1. The van der Waals surface area contributed by atoms with E-state index in [1.165, 1.54) is 0 Å². The molecule has 2 aliphatic heterocycles. The maximum atomic E-state index is 12.1. The van der Waals surface area contributed by atoms with Crippen molar-refractivity contribution in [1.82, 2.24) is 15.5 Å². The van der Waals surface area contributed by atoms with Crippen molar-refractivity contribution in [2.45, 2.75) is 18.9 Å². The molecule has 2 aliphatic rings. The molecule has 0 saturated carbocycles. The molecule has 0 aliphatic carbocycles. The number of nitrogens with one attached hydrogen (secondary N) is 1. The zero-order chi connectivity index (χ0) is 13.9. The summed E-state index contributed by atoms with van der Waals surface area (Å²) in [4.78, 5) is 13.8. The molecule has 0 bridgehead atoms. The van der Waals surface area contributed by atoms with Gasteiger partial charge in [-0.2, -0.15) is 5.32 Å². The highest BCUT2D eigenvalue weighted by Crippen LogP contribution is 2.26. The fraction of sp³-hybridized carbons (Fsp3) is 0.400. The zero-order valence-corrected chi connectivity index (χ0v) is 11.5. The van der Waals surface area contributed by atoms with Crippen LogP contribution < -0.4 is 15.4 Å². The van der Waals surface area contributed by atoms with Crippen molar-refractivity contribution in [2.24, 2.45) is 0 Å². The van der Waals surface area contributed by atoms with Gasteiger partial charge in [0, 0.05) is 17.8 Å². The molecule has 1 N–H and O–H groups in total. The number of urea groups is 1. The van der Waals surface area contributed by atoms with E-state index in [0.717, 1.165) is 37.2 Å². The Hall–Kier alpha value is -2.01. The first-order valence-electron chi connectivity index (χ1n) is 6.89. The first-order chi connectivity index (χ1) is 9.78. The van der Waals surface area contributed by atoms with Gasteiger partial charge in [-0.25, -0.2) is 4.79 Å². The standard InChI is InChI=1S/C15H18N3O2/c1-20-13-4-2-3-11(9-13)14-10-18(15(19)17-14)12-5-7-16-8-6-12/h2-4,9-10,12,16H,5-8H2,1H3. The molecule has 5 nitrogen and oxygen atoms in total. The van der Waals surface area contributed by atoms with Gasteiger partial charge < -0.3 is 10.1 Å². The van der Waals surface area contributed by atoms with E-state index in [1.807, 2.05) is 30.5 Å². The fourth-order valence-corrected chi connectivity index (χ4v) is 2.64. The average molecular weight is 272 g/mol. The quantitative estimate of drug-likeness (QED) is 0.912. The Kier molecular flexibility index (Phi) is 3.60. The monoisotopic (exact) mass is 272 g/mol. The molecule has 0 aromatic heterocycles. The third-order valence-corrected chi connectivity index (χ3v) is 3.77. The number of methoxy groups -OCH3 is 1. The molecule has 20 heavy (non-hydrogen) atoms. The van der Waals surface area contributed by atoms with Gasteiger partial charge in [0.05, 0.1) is 12.8 Å². The summed E-state index contributed by atoms with van der Waals surface area (Å²) in [6.07, 6.45) is 3.82. The highest BCUT2D eigenvalue weighted by Gasteiger charge is 2.31. The number of amides is 2. The Balaban J connectivity index is 1.81. The molecule has 105 valence electrons. The summed E-state index contributed by atoms with van der Waals surface area (Å²) in [5, 5.41) is 7.47. The lowest BCUT2D eigenvalue weighted by molar-refractivity contribution is 0.197. The van der Waals surface area contributed by atoms with Gasteiger partial charge in [-0.15, -0.1) is 0 Å². The second-order valence-electron chi connectivity index (χ2n) is 5.03. The third kappa shape index (κ3) is 2.49. The van der Waals surface area contributed by atoms with Gasteiger partial charge >= 0.3 is 6.03 Å². The number of hydrogen-bond acceptors (Lipinski definition) is 3. The highest BCUT2D eigenvalue weighted by molar-refractivity contribution is 5.91. The Bertz CT molecular complexity index is 536.